The number of nitrogens with zero attached hydrogens (tertiary/aromatic N) is 1. The summed E-state index contributed by atoms with van der Waals surface area (Å²) in [5.41, 5.74) is 5.88. The quantitative estimate of drug-likeness (QED) is 0.771. The van der Waals surface area contributed by atoms with Crippen molar-refractivity contribution in [1.82, 2.24) is 4.98 Å². The Bertz CT molecular complexity index is 370. The molecule has 0 amide bonds. The molecular weight excluding hydrogens is 204 g/mol. The molecule has 1 heterocycles. The molecule has 0 aliphatic heterocycles. The molecule has 0 atom stereocenters. The molecule has 0 saturated carbocycles. The number of carbonyl (C=O) groups excluding carboxylic acids is 1. The van der Waals surface area contributed by atoms with Gasteiger partial charge in [0.15, 0.2) is 5.78 Å². The minimum absolute atomic E-state index is 0.0315. The Kier molecular flexibility index (Phi) is 4.01. The summed E-state index contributed by atoms with van der Waals surface area (Å²) in [6.45, 7) is 3.80. The number of aromatic nitrogens is 1. The third kappa shape index (κ3) is 3.62. The summed E-state index contributed by atoms with van der Waals surface area (Å²) in [5, 5.41) is 0. The second-order valence-corrected chi connectivity index (χ2v) is 4.47. The van der Waals surface area contributed by atoms with Gasteiger partial charge in [-0.1, -0.05) is 0 Å². The van der Waals surface area contributed by atoms with Gasteiger partial charge in [-0.2, -0.15) is 0 Å². The maximum Gasteiger partial charge on any atom is 0.185 e. The van der Waals surface area contributed by atoms with E-state index in [0.29, 0.717) is 24.3 Å². The van der Waals surface area contributed by atoms with Crippen molar-refractivity contribution in [1.29, 1.82) is 0 Å². The third-order valence-corrected chi connectivity index (χ3v) is 2.25. The SMILES string of the molecule is COc1cccnc1C(=O)CCC(C)(C)N. The first kappa shape index (κ1) is 12.6. The van der Waals surface area contributed by atoms with Crippen LogP contribution in [-0.2, 0) is 0 Å². The van der Waals surface area contributed by atoms with Gasteiger partial charge >= 0.3 is 0 Å². The first-order valence-corrected chi connectivity index (χ1v) is 5.25. The molecule has 1 rings (SSSR count). The van der Waals surface area contributed by atoms with Gasteiger partial charge in [-0.05, 0) is 32.4 Å². The Morgan fingerprint density at radius 3 is 2.81 bits per heavy atom. The Balaban J connectivity index is 2.73. The van der Waals surface area contributed by atoms with E-state index in [4.69, 9.17) is 10.5 Å². The fourth-order valence-corrected chi connectivity index (χ4v) is 1.32. The highest BCUT2D eigenvalue weighted by atomic mass is 16.5. The Hall–Kier alpha value is -1.42. The molecule has 0 aromatic carbocycles. The number of methoxy groups -OCH3 is 1. The molecule has 88 valence electrons. The van der Waals surface area contributed by atoms with E-state index in [0.717, 1.165) is 0 Å². The van der Waals surface area contributed by atoms with Crippen molar-refractivity contribution < 1.29 is 9.53 Å². The topological polar surface area (TPSA) is 65.2 Å². The van der Waals surface area contributed by atoms with Crippen LogP contribution >= 0.6 is 0 Å². The van der Waals surface area contributed by atoms with Crippen molar-refractivity contribution in [3.8, 4) is 5.75 Å². The molecule has 4 heteroatoms. The summed E-state index contributed by atoms with van der Waals surface area (Å²) < 4.78 is 5.08. The number of pyridine rings is 1. The molecule has 0 saturated heterocycles. The Morgan fingerprint density at radius 2 is 2.25 bits per heavy atom. The monoisotopic (exact) mass is 222 g/mol. The van der Waals surface area contributed by atoms with E-state index in [1.165, 1.54) is 7.11 Å². The highest BCUT2D eigenvalue weighted by Crippen LogP contribution is 2.18. The molecule has 0 fully saturated rings. The van der Waals surface area contributed by atoms with Crippen molar-refractivity contribution in [3.05, 3.63) is 24.0 Å². The van der Waals surface area contributed by atoms with Gasteiger partial charge in [-0.25, -0.2) is 4.98 Å². The molecule has 1 aromatic rings. The van der Waals surface area contributed by atoms with Crippen LogP contribution in [0, 0.1) is 0 Å². The zero-order valence-corrected chi connectivity index (χ0v) is 9.99. The number of hydrogen-bond acceptors (Lipinski definition) is 4. The van der Waals surface area contributed by atoms with Gasteiger partial charge < -0.3 is 10.5 Å². The highest BCUT2D eigenvalue weighted by molar-refractivity contribution is 5.96. The maximum absolute atomic E-state index is 11.9. The number of Topliss-reactive ketones (excluding diaryl/α,β-unsaturated/α-hetero) is 1. The van der Waals surface area contributed by atoms with Gasteiger partial charge in [0.05, 0.1) is 7.11 Å². The number of nitrogens with two attached hydrogens (primary N) is 1. The van der Waals surface area contributed by atoms with Crippen LogP contribution < -0.4 is 10.5 Å². The van der Waals surface area contributed by atoms with Gasteiger partial charge in [-0.15, -0.1) is 0 Å². The van der Waals surface area contributed by atoms with E-state index in [2.05, 4.69) is 4.98 Å². The number of hydrogen-bond donors (Lipinski definition) is 1. The average molecular weight is 222 g/mol. The molecule has 2 N–H and O–H groups in total. The lowest BCUT2D eigenvalue weighted by Gasteiger charge is -2.17. The van der Waals surface area contributed by atoms with Crippen molar-refractivity contribution in [2.75, 3.05) is 7.11 Å². The number of ketones is 1. The molecule has 0 spiro atoms. The van der Waals surface area contributed by atoms with E-state index < -0.39 is 0 Å². The van der Waals surface area contributed by atoms with Crippen LogP contribution in [0.15, 0.2) is 18.3 Å². The predicted molar refractivity (Wildman–Crippen MR) is 62.6 cm³/mol. The summed E-state index contributed by atoms with van der Waals surface area (Å²) in [6.07, 6.45) is 2.60. The van der Waals surface area contributed by atoms with E-state index in [-0.39, 0.29) is 11.3 Å². The molecule has 0 aliphatic rings. The third-order valence-electron chi connectivity index (χ3n) is 2.25. The summed E-state index contributed by atoms with van der Waals surface area (Å²) in [4.78, 5) is 15.9. The minimum Gasteiger partial charge on any atom is -0.494 e. The Morgan fingerprint density at radius 1 is 1.56 bits per heavy atom. The van der Waals surface area contributed by atoms with Gasteiger partial charge in [0.1, 0.15) is 11.4 Å². The molecule has 4 nitrogen and oxygen atoms in total. The summed E-state index contributed by atoms with van der Waals surface area (Å²) in [5.74, 6) is 0.485. The minimum atomic E-state index is -0.336. The summed E-state index contributed by atoms with van der Waals surface area (Å²) >= 11 is 0. The van der Waals surface area contributed by atoms with Gasteiger partial charge in [0, 0.05) is 18.2 Å². The highest BCUT2D eigenvalue weighted by Gasteiger charge is 2.17. The molecule has 0 aliphatic carbocycles. The second kappa shape index (κ2) is 5.07. The summed E-state index contributed by atoms with van der Waals surface area (Å²) in [6, 6.07) is 3.47. The number of ether oxygens (including phenoxy) is 1. The van der Waals surface area contributed by atoms with Crippen molar-refractivity contribution in [2.45, 2.75) is 32.2 Å². The van der Waals surface area contributed by atoms with Crippen LogP contribution in [0.2, 0.25) is 0 Å². The first-order valence-electron chi connectivity index (χ1n) is 5.25. The maximum atomic E-state index is 11.9. The molecular formula is C12H18N2O2. The van der Waals surface area contributed by atoms with E-state index in [1.807, 2.05) is 13.8 Å². The van der Waals surface area contributed by atoms with Crippen LogP contribution in [0.25, 0.3) is 0 Å². The van der Waals surface area contributed by atoms with E-state index >= 15 is 0 Å². The lowest BCUT2D eigenvalue weighted by Crippen LogP contribution is -2.32. The smallest absolute Gasteiger partial charge is 0.185 e. The zero-order chi connectivity index (χ0) is 12.2. The molecule has 0 unspecified atom stereocenters. The van der Waals surface area contributed by atoms with Crippen LogP contribution in [0.4, 0.5) is 0 Å². The van der Waals surface area contributed by atoms with Crippen LogP contribution in [-0.4, -0.2) is 23.4 Å². The van der Waals surface area contributed by atoms with Gasteiger partial charge in [0.25, 0.3) is 0 Å². The van der Waals surface area contributed by atoms with Crippen LogP contribution in [0.5, 0.6) is 5.75 Å². The molecule has 0 radical (unpaired) electrons. The first-order chi connectivity index (χ1) is 7.44. The normalized spacial score (nSPS) is 11.2. The lowest BCUT2D eigenvalue weighted by molar-refractivity contribution is 0.0964. The number of carbonyl (C=O) groups is 1. The van der Waals surface area contributed by atoms with E-state index in [1.54, 1.807) is 18.3 Å². The van der Waals surface area contributed by atoms with Crippen molar-refractivity contribution in [2.24, 2.45) is 5.73 Å². The average Bonchev–Trinajstić information content (AvgIpc) is 2.25. The molecule has 16 heavy (non-hydrogen) atoms. The predicted octanol–water partition coefficient (Wildman–Crippen LogP) is 1.79. The van der Waals surface area contributed by atoms with Crippen molar-refractivity contribution >= 4 is 5.78 Å². The van der Waals surface area contributed by atoms with Crippen LogP contribution in [0.3, 0.4) is 0 Å². The van der Waals surface area contributed by atoms with Gasteiger partial charge in [0.2, 0.25) is 0 Å². The van der Waals surface area contributed by atoms with Crippen molar-refractivity contribution in [3.63, 3.8) is 0 Å². The van der Waals surface area contributed by atoms with E-state index in [9.17, 15) is 4.79 Å². The Labute approximate surface area is 95.8 Å². The fraction of sp³-hybridized carbons (Fsp3) is 0.500. The lowest BCUT2D eigenvalue weighted by atomic mass is 9.97. The molecule has 1 aromatic heterocycles. The standard InChI is InChI=1S/C12H18N2O2/c1-12(2,13)7-6-9(15)11-10(16-3)5-4-8-14-11/h4-5,8H,6-7,13H2,1-3H3. The summed E-state index contributed by atoms with van der Waals surface area (Å²) in [7, 11) is 1.53. The van der Waals surface area contributed by atoms with Crippen LogP contribution in [0.1, 0.15) is 37.2 Å². The fourth-order valence-electron chi connectivity index (χ4n) is 1.32. The van der Waals surface area contributed by atoms with Gasteiger partial charge in [-0.3, -0.25) is 4.79 Å². The zero-order valence-electron chi connectivity index (χ0n) is 9.99. The number of rotatable bonds is 5. The molecule has 0 bridgehead atoms. The second-order valence-electron chi connectivity index (χ2n) is 4.47. The largest absolute Gasteiger partial charge is 0.494 e.